The molecule has 0 N–H and O–H groups in total. The Hall–Kier alpha value is -1.24. The molecule has 0 radical (unpaired) electrons. The fourth-order valence-corrected chi connectivity index (χ4v) is 6.33. The van der Waals surface area contributed by atoms with Gasteiger partial charge in [-0.15, -0.1) is 23.4 Å². The molecule has 1 unspecified atom stereocenters. The quantitative estimate of drug-likeness (QED) is 0.728. The van der Waals surface area contributed by atoms with Crippen LogP contribution in [0.1, 0.15) is 12.8 Å². The molecular formula is C16H15ClFNO2S2. The minimum atomic E-state index is -3.65. The summed E-state index contributed by atoms with van der Waals surface area (Å²) in [5.74, 6) is -0.0560. The van der Waals surface area contributed by atoms with Gasteiger partial charge in [0.15, 0.2) is 0 Å². The van der Waals surface area contributed by atoms with Gasteiger partial charge in [0.25, 0.3) is 10.0 Å². The van der Waals surface area contributed by atoms with Crippen molar-refractivity contribution in [2.24, 2.45) is 0 Å². The third kappa shape index (κ3) is 3.20. The molecule has 1 atom stereocenters. The predicted molar refractivity (Wildman–Crippen MR) is 93.5 cm³/mol. The van der Waals surface area contributed by atoms with Gasteiger partial charge in [-0.25, -0.2) is 17.1 Å². The molecular weight excluding hydrogens is 357 g/mol. The van der Waals surface area contributed by atoms with Crippen LogP contribution in [-0.4, -0.2) is 18.9 Å². The van der Waals surface area contributed by atoms with E-state index in [4.69, 9.17) is 11.6 Å². The van der Waals surface area contributed by atoms with Crippen molar-refractivity contribution < 1.29 is 12.8 Å². The molecule has 0 bridgehead atoms. The number of nitrogens with zero attached hydrogens (tertiary/aromatic N) is 1. The van der Waals surface area contributed by atoms with Gasteiger partial charge in [0, 0.05) is 10.8 Å². The average molecular weight is 372 g/mol. The summed E-state index contributed by atoms with van der Waals surface area (Å²) in [6.07, 6.45) is 1.06. The first kappa shape index (κ1) is 16.6. The first-order valence-corrected chi connectivity index (χ1v) is 10.1. The van der Waals surface area contributed by atoms with Gasteiger partial charge in [0.05, 0.1) is 11.4 Å². The number of benzene rings is 2. The lowest BCUT2D eigenvalue weighted by Gasteiger charge is -2.35. The number of hydrogen-bond donors (Lipinski definition) is 0. The molecule has 1 aliphatic heterocycles. The van der Waals surface area contributed by atoms with E-state index in [1.165, 1.54) is 34.3 Å². The number of alkyl halides is 1. The number of sulfonamides is 1. The number of fused-ring (bicyclic) bond motifs is 1. The number of halogens is 2. The Kier molecular flexibility index (Phi) is 4.85. The van der Waals surface area contributed by atoms with Gasteiger partial charge in [-0.05, 0) is 43.2 Å². The Morgan fingerprint density at radius 3 is 2.70 bits per heavy atom. The maximum absolute atomic E-state index is 13.6. The van der Waals surface area contributed by atoms with E-state index in [2.05, 4.69) is 0 Å². The first-order valence-electron chi connectivity index (χ1n) is 7.15. The Balaban J connectivity index is 2.14. The second-order valence-electron chi connectivity index (χ2n) is 5.14. The van der Waals surface area contributed by atoms with Gasteiger partial charge < -0.3 is 0 Å². The van der Waals surface area contributed by atoms with E-state index in [0.29, 0.717) is 30.1 Å². The highest BCUT2D eigenvalue weighted by Crippen LogP contribution is 2.47. The van der Waals surface area contributed by atoms with E-state index in [9.17, 15) is 12.8 Å². The van der Waals surface area contributed by atoms with E-state index in [0.717, 1.165) is 4.90 Å². The molecule has 0 fully saturated rings. The maximum Gasteiger partial charge on any atom is 0.252 e. The minimum Gasteiger partial charge on any atom is -0.236 e. The van der Waals surface area contributed by atoms with Crippen LogP contribution in [0.15, 0.2) is 53.4 Å². The molecule has 1 heterocycles. The lowest BCUT2D eigenvalue weighted by Crippen LogP contribution is -2.37. The molecule has 0 aliphatic carbocycles. The van der Waals surface area contributed by atoms with Crippen molar-refractivity contribution >= 4 is 44.8 Å². The van der Waals surface area contributed by atoms with Crippen molar-refractivity contribution in [3.63, 3.8) is 0 Å². The van der Waals surface area contributed by atoms with Crippen molar-refractivity contribution in [1.29, 1.82) is 0 Å². The standard InChI is InChI=1S/C16H15ClFNO2S2/c17-10-4-9-16-22-15-8-2-1-7-14(15)19(23(16,20)21)13-6-3-5-12(18)11-13/h1-3,5-8,11,16H,4,9-10H2. The Morgan fingerprint density at radius 2 is 1.96 bits per heavy atom. The summed E-state index contributed by atoms with van der Waals surface area (Å²) in [5.41, 5.74) is 0.874. The van der Waals surface area contributed by atoms with E-state index >= 15 is 0 Å². The molecule has 3 rings (SSSR count). The molecule has 0 aromatic heterocycles. The van der Waals surface area contributed by atoms with Crippen LogP contribution in [0.4, 0.5) is 15.8 Å². The largest absolute Gasteiger partial charge is 0.252 e. The summed E-state index contributed by atoms with van der Waals surface area (Å²) in [6.45, 7) is 0. The number of anilines is 2. The number of thioether (sulfide) groups is 1. The molecule has 2 aromatic carbocycles. The van der Waals surface area contributed by atoms with Crippen LogP contribution in [0.2, 0.25) is 0 Å². The van der Waals surface area contributed by atoms with Gasteiger partial charge in [-0.1, -0.05) is 18.2 Å². The predicted octanol–water partition coefficient (Wildman–Crippen LogP) is 4.74. The van der Waals surface area contributed by atoms with Crippen LogP contribution in [0.3, 0.4) is 0 Å². The highest BCUT2D eigenvalue weighted by molar-refractivity contribution is 8.14. The van der Waals surface area contributed by atoms with Gasteiger partial charge >= 0.3 is 0 Å². The fourth-order valence-electron chi connectivity index (χ4n) is 2.52. The van der Waals surface area contributed by atoms with Crippen LogP contribution in [0, 0.1) is 5.82 Å². The normalized spacial score (nSPS) is 19.4. The van der Waals surface area contributed by atoms with E-state index in [1.807, 2.05) is 12.1 Å². The summed E-state index contributed by atoms with van der Waals surface area (Å²) in [5, 5.41) is 0. The topological polar surface area (TPSA) is 37.4 Å². The monoisotopic (exact) mass is 371 g/mol. The number of para-hydroxylation sites is 1. The molecule has 0 saturated carbocycles. The molecule has 0 saturated heterocycles. The number of rotatable bonds is 4. The summed E-state index contributed by atoms with van der Waals surface area (Å²) >= 11 is 7.05. The van der Waals surface area contributed by atoms with Crippen LogP contribution in [0.25, 0.3) is 0 Å². The van der Waals surface area contributed by atoms with Gasteiger partial charge in [-0.2, -0.15) is 0 Å². The molecule has 122 valence electrons. The Morgan fingerprint density at radius 1 is 1.17 bits per heavy atom. The van der Waals surface area contributed by atoms with Crippen molar-refractivity contribution in [1.82, 2.24) is 0 Å². The molecule has 1 aliphatic rings. The van der Waals surface area contributed by atoms with E-state index in [-0.39, 0.29) is 0 Å². The van der Waals surface area contributed by atoms with Crippen LogP contribution < -0.4 is 4.31 Å². The van der Waals surface area contributed by atoms with Crippen molar-refractivity contribution in [3.05, 3.63) is 54.3 Å². The third-order valence-electron chi connectivity index (χ3n) is 3.55. The Bertz CT molecular complexity index is 813. The lowest BCUT2D eigenvalue weighted by molar-refractivity contribution is 0.588. The lowest BCUT2D eigenvalue weighted by atomic mass is 10.2. The van der Waals surface area contributed by atoms with Gasteiger partial charge in [0.1, 0.15) is 10.4 Å². The second-order valence-corrected chi connectivity index (χ2v) is 9.02. The summed E-state index contributed by atoms with van der Waals surface area (Å²) < 4.78 is 40.3. The molecule has 0 spiro atoms. The van der Waals surface area contributed by atoms with E-state index < -0.39 is 20.4 Å². The van der Waals surface area contributed by atoms with Crippen molar-refractivity contribution in [2.45, 2.75) is 22.3 Å². The molecule has 23 heavy (non-hydrogen) atoms. The van der Waals surface area contributed by atoms with Crippen LogP contribution in [0.5, 0.6) is 0 Å². The highest BCUT2D eigenvalue weighted by atomic mass is 35.5. The van der Waals surface area contributed by atoms with Crippen LogP contribution in [-0.2, 0) is 10.0 Å². The summed E-state index contributed by atoms with van der Waals surface area (Å²) in [7, 11) is -3.65. The average Bonchev–Trinajstić information content (AvgIpc) is 2.52. The molecule has 3 nitrogen and oxygen atoms in total. The molecule has 7 heteroatoms. The van der Waals surface area contributed by atoms with Crippen molar-refractivity contribution in [2.75, 3.05) is 10.2 Å². The zero-order chi connectivity index (χ0) is 16.4. The SMILES string of the molecule is O=S1(=O)C(CCCCl)Sc2ccccc2N1c1cccc(F)c1. The first-order chi connectivity index (χ1) is 11.0. The fraction of sp³-hybridized carbons (Fsp3) is 0.250. The Labute approximate surface area is 144 Å². The smallest absolute Gasteiger partial charge is 0.236 e. The number of hydrogen-bond acceptors (Lipinski definition) is 3. The molecule has 2 aromatic rings. The summed E-state index contributed by atoms with van der Waals surface area (Å²) in [4.78, 5) is 0.867. The zero-order valence-corrected chi connectivity index (χ0v) is 14.5. The highest BCUT2D eigenvalue weighted by Gasteiger charge is 2.39. The summed E-state index contributed by atoms with van der Waals surface area (Å²) in [6, 6.07) is 12.9. The second kappa shape index (κ2) is 6.71. The third-order valence-corrected chi connectivity index (χ3v) is 7.75. The molecule has 0 amide bonds. The van der Waals surface area contributed by atoms with Gasteiger partial charge in [0.2, 0.25) is 0 Å². The van der Waals surface area contributed by atoms with Crippen LogP contribution >= 0.6 is 23.4 Å². The maximum atomic E-state index is 13.6. The van der Waals surface area contributed by atoms with E-state index in [1.54, 1.807) is 18.2 Å². The minimum absolute atomic E-state index is 0.314. The van der Waals surface area contributed by atoms with Gasteiger partial charge in [-0.3, -0.25) is 0 Å². The van der Waals surface area contributed by atoms with Crippen molar-refractivity contribution in [3.8, 4) is 0 Å². The zero-order valence-electron chi connectivity index (χ0n) is 12.2.